The van der Waals surface area contributed by atoms with Gasteiger partial charge in [-0.1, -0.05) is 11.6 Å². The van der Waals surface area contributed by atoms with Gasteiger partial charge < -0.3 is 10.8 Å². The molecule has 0 radical (unpaired) electrons. The van der Waals surface area contributed by atoms with Gasteiger partial charge in [-0.3, -0.25) is 4.79 Å². The number of anilines is 1. The number of aromatic hydroxyl groups is 1. The number of carbonyl (C=O) groups excluding carboxylic acids is 1. The zero-order chi connectivity index (χ0) is 13.3. The van der Waals surface area contributed by atoms with Gasteiger partial charge in [0.2, 0.25) is 0 Å². The minimum Gasteiger partial charge on any atom is -0.505 e. The van der Waals surface area contributed by atoms with E-state index in [1.54, 1.807) is 0 Å². The summed E-state index contributed by atoms with van der Waals surface area (Å²) < 4.78 is 13.2. The molecule has 0 unspecified atom stereocenters. The zero-order valence-electron chi connectivity index (χ0n) is 9.15. The Bertz CT molecular complexity index is 611. The number of hydrogen-bond donors (Lipinski definition) is 2. The largest absolute Gasteiger partial charge is 0.505 e. The molecule has 5 heteroatoms. The molecule has 0 spiro atoms. The van der Waals surface area contributed by atoms with Crippen molar-refractivity contribution in [1.82, 2.24) is 0 Å². The monoisotopic (exact) mass is 265 g/mol. The molecular weight excluding hydrogens is 257 g/mol. The number of phenolic OH excluding ortho intramolecular Hbond substituents is 1. The lowest BCUT2D eigenvalue weighted by Gasteiger charge is -2.07. The van der Waals surface area contributed by atoms with E-state index in [2.05, 4.69) is 0 Å². The van der Waals surface area contributed by atoms with Gasteiger partial charge in [-0.2, -0.15) is 0 Å². The van der Waals surface area contributed by atoms with E-state index in [-0.39, 0.29) is 11.3 Å². The van der Waals surface area contributed by atoms with Crippen molar-refractivity contribution in [2.75, 3.05) is 5.73 Å². The van der Waals surface area contributed by atoms with Crippen molar-refractivity contribution in [3.63, 3.8) is 0 Å². The second-order valence-corrected chi connectivity index (χ2v) is 4.16. The minimum atomic E-state index is -0.678. The second-order valence-electron chi connectivity index (χ2n) is 3.73. The summed E-state index contributed by atoms with van der Waals surface area (Å²) >= 11 is 5.70. The van der Waals surface area contributed by atoms with Gasteiger partial charge in [-0.05, 0) is 30.3 Å². The molecule has 0 aliphatic carbocycles. The van der Waals surface area contributed by atoms with Crippen molar-refractivity contribution >= 4 is 23.1 Å². The molecule has 0 amide bonds. The molecule has 3 N–H and O–H groups in total. The van der Waals surface area contributed by atoms with Crippen LogP contribution in [0.25, 0.3) is 0 Å². The molecule has 2 aromatic rings. The fourth-order valence-corrected chi connectivity index (χ4v) is 1.68. The van der Waals surface area contributed by atoms with Crippen LogP contribution in [0.15, 0.2) is 36.4 Å². The van der Waals surface area contributed by atoms with Crippen molar-refractivity contribution in [2.45, 2.75) is 0 Å². The summed E-state index contributed by atoms with van der Waals surface area (Å²) in [5, 5.41) is 10.2. The molecule has 0 fully saturated rings. The highest BCUT2D eigenvalue weighted by Gasteiger charge is 2.17. The Morgan fingerprint density at radius 2 is 1.83 bits per heavy atom. The van der Waals surface area contributed by atoms with Crippen molar-refractivity contribution < 1.29 is 14.3 Å². The van der Waals surface area contributed by atoms with Gasteiger partial charge >= 0.3 is 0 Å². The number of ketones is 1. The molecule has 2 rings (SSSR count). The molecule has 18 heavy (non-hydrogen) atoms. The SMILES string of the molecule is Nc1cc(F)cc(C(=O)c2ccc(Cl)cc2)c1O. The van der Waals surface area contributed by atoms with E-state index in [4.69, 9.17) is 17.3 Å². The summed E-state index contributed by atoms with van der Waals surface area (Å²) in [6.45, 7) is 0. The molecule has 0 atom stereocenters. The van der Waals surface area contributed by atoms with Gasteiger partial charge in [-0.15, -0.1) is 0 Å². The lowest BCUT2D eigenvalue weighted by atomic mass is 10.0. The number of nitrogen functional groups attached to an aromatic ring is 1. The maximum atomic E-state index is 13.2. The first-order valence-corrected chi connectivity index (χ1v) is 5.45. The summed E-state index contributed by atoms with van der Waals surface area (Å²) in [6, 6.07) is 7.95. The van der Waals surface area contributed by atoms with E-state index in [0.29, 0.717) is 10.6 Å². The van der Waals surface area contributed by atoms with Gasteiger partial charge in [0.1, 0.15) is 11.6 Å². The van der Waals surface area contributed by atoms with E-state index in [1.807, 2.05) is 0 Å². The lowest BCUT2D eigenvalue weighted by Crippen LogP contribution is -2.04. The average molecular weight is 266 g/mol. The highest BCUT2D eigenvalue weighted by Crippen LogP contribution is 2.28. The number of phenols is 1. The van der Waals surface area contributed by atoms with Crippen LogP contribution in [0.2, 0.25) is 5.02 Å². The molecule has 0 bridgehead atoms. The number of carbonyl (C=O) groups is 1. The fourth-order valence-electron chi connectivity index (χ4n) is 1.55. The maximum Gasteiger partial charge on any atom is 0.196 e. The van der Waals surface area contributed by atoms with Crippen LogP contribution >= 0.6 is 11.6 Å². The predicted molar refractivity (Wildman–Crippen MR) is 67.4 cm³/mol. The molecule has 0 saturated carbocycles. The standard InChI is InChI=1S/C13H9ClFNO2/c14-8-3-1-7(2-4-8)12(17)10-5-9(15)6-11(16)13(10)18/h1-6,18H,16H2. The highest BCUT2D eigenvalue weighted by molar-refractivity contribution is 6.30. The Hall–Kier alpha value is -2.07. The van der Waals surface area contributed by atoms with E-state index in [0.717, 1.165) is 12.1 Å². The highest BCUT2D eigenvalue weighted by atomic mass is 35.5. The normalized spacial score (nSPS) is 10.3. The first kappa shape index (κ1) is 12.4. The third-order valence-corrected chi connectivity index (χ3v) is 2.71. The molecule has 2 aromatic carbocycles. The molecule has 92 valence electrons. The molecule has 0 saturated heterocycles. The predicted octanol–water partition coefficient (Wildman–Crippen LogP) is 3.00. The first-order chi connectivity index (χ1) is 8.49. The number of benzene rings is 2. The Balaban J connectivity index is 2.49. The van der Waals surface area contributed by atoms with Crippen LogP contribution < -0.4 is 5.73 Å². The van der Waals surface area contributed by atoms with Crippen LogP contribution in [-0.4, -0.2) is 10.9 Å². The minimum absolute atomic E-state index is 0.171. The van der Waals surface area contributed by atoms with Crippen LogP contribution in [0, 0.1) is 5.82 Å². The Morgan fingerprint density at radius 1 is 1.22 bits per heavy atom. The van der Waals surface area contributed by atoms with Gasteiger partial charge in [0.05, 0.1) is 11.3 Å². The first-order valence-electron chi connectivity index (χ1n) is 5.07. The smallest absolute Gasteiger partial charge is 0.196 e. The fraction of sp³-hybridized carbons (Fsp3) is 0. The van der Waals surface area contributed by atoms with E-state index in [1.165, 1.54) is 24.3 Å². The second kappa shape index (κ2) is 4.66. The molecule has 0 aliphatic heterocycles. The summed E-state index contributed by atoms with van der Waals surface area (Å²) in [4.78, 5) is 12.1. The van der Waals surface area contributed by atoms with E-state index in [9.17, 15) is 14.3 Å². The van der Waals surface area contributed by atoms with Crippen LogP contribution in [0.3, 0.4) is 0 Å². The third kappa shape index (κ3) is 2.28. The lowest BCUT2D eigenvalue weighted by molar-refractivity contribution is 0.103. The molecule has 0 aromatic heterocycles. The molecule has 0 heterocycles. The quantitative estimate of drug-likeness (QED) is 0.498. The molecule has 0 aliphatic rings. The third-order valence-electron chi connectivity index (χ3n) is 2.46. The van der Waals surface area contributed by atoms with E-state index >= 15 is 0 Å². The topological polar surface area (TPSA) is 63.3 Å². The summed E-state index contributed by atoms with van der Waals surface area (Å²) in [5.74, 6) is -1.62. The van der Waals surface area contributed by atoms with Gasteiger partial charge in [-0.25, -0.2) is 4.39 Å². The zero-order valence-corrected chi connectivity index (χ0v) is 9.91. The van der Waals surface area contributed by atoms with Crippen molar-refractivity contribution in [2.24, 2.45) is 0 Å². The van der Waals surface area contributed by atoms with Crippen molar-refractivity contribution in [1.29, 1.82) is 0 Å². The van der Waals surface area contributed by atoms with Crippen molar-refractivity contribution in [3.05, 3.63) is 58.4 Å². The van der Waals surface area contributed by atoms with Crippen LogP contribution in [0.1, 0.15) is 15.9 Å². The van der Waals surface area contributed by atoms with Gasteiger partial charge in [0.25, 0.3) is 0 Å². The maximum absolute atomic E-state index is 13.2. The van der Waals surface area contributed by atoms with Crippen LogP contribution in [0.5, 0.6) is 5.75 Å². The Labute approximate surface area is 108 Å². The Kier molecular flexibility index (Phi) is 3.21. The molecule has 3 nitrogen and oxygen atoms in total. The number of nitrogens with two attached hydrogens (primary N) is 1. The summed E-state index contributed by atoms with van der Waals surface area (Å²) in [7, 11) is 0. The number of halogens is 2. The van der Waals surface area contributed by atoms with Crippen LogP contribution in [-0.2, 0) is 0 Å². The Morgan fingerprint density at radius 3 is 2.44 bits per heavy atom. The van der Waals surface area contributed by atoms with E-state index < -0.39 is 17.3 Å². The average Bonchev–Trinajstić information content (AvgIpc) is 2.34. The number of rotatable bonds is 2. The van der Waals surface area contributed by atoms with Gasteiger partial charge in [0, 0.05) is 16.7 Å². The summed E-state index contributed by atoms with van der Waals surface area (Å²) in [5.41, 5.74) is 5.34. The number of hydrogen-bond acceptors (Lipinski definition) is 3. The van der Waals surface area contributed by atoms with Gasteiger partial charge in [0.15, 0.2) is 5.78 Å². The van der Waals surface area contributed by atoms with Crippen molar-refractivity contribution in [3.8, 4) is 5.75 Å². The van der Waals surface area contributed by atoms with Crippen LogP contribution in [0.4, 0.5) is 10.1 Å². The summed E-state index contributed by atoms with van der Waals surface area (Å²) in [6.07, 6.45) is 0. The molecular formula is C13H9ClFNO2.